The van der Waals surface area contributed by atoms with E-state index in [-0.39, 0.29) is 21.9 Å². The topological polar surface area (TPSA) is 6.48 Å². The van der Waals surface area contributed by atoms with E-state index in [9.17, 15) is 0 Å². The van der Waals surface area contributed by atoms with Crippen molar-refractivity contribution in [2.75, 3.05) is 9.80 Å². The number of hydrogen-bond donors (Lipinski definition) is 0. The Bertz CT molecular complexity index is 1780. The standard InChI is InChI=1S/C44H53BN2/c1-26-18-20-32-39-36(26)41(3)22-28-12-7-9-14-30(28)24-43(41,5)46(39)34-16-11-17-35-38(34)45(32)33-21-19-27(2)37-40(33)47(35)44(6)25-31-15-10-8-13-29(31)23-42(37,44)4/h11,16-21,28-31H,7-10,12-15,22-25H2,1-6H3. The van der Waals surface area contributed by atoms with Crippen molar-refractivity contribution >= 4 is 45.9 Å². The van der Waals surface area contributed by atoms with E-state index in [0.717, 1.165) is 23.7 Å². The molecule has 242 valence electrons. The van der Waals surface area contributed by atoms with Gasteiger partial charge in [0, 0.05) is 33.6 Å². The molecule has 8 atom stereocenters. The highest BCUT2D eigenvalue weighted by atomic mass is 15.3. The summed E-state index contributed by atoms with van der Waals surface area (Å²) in [7, 11) is 0. The molecule has 0 radical (unpaired) electrons. The second-order valence-electron chi connectivity index (χ2n) is 18.8. The maximum absolute atomic E-state index is 2.97. The fourth-order valence-corrected chi connectivity index (χ4v) is 14.8. The van der Waals surface area contributed by atoms with E-state index in [1.165, 1.54) is 99.6 Å². The van der Waals surface area contributed by atoms with E-state index in [4.69, 9.17) is 0 Å². The molecule has 0 aromatic heterocycles. The lowest BCUT2D eigenvalue weighted by molar-refractivity contribution is 0.0575. The van der Waals surface area contributed by atoms with E-state index in [2.05, 4.69) is 93.8 Å². The maximum Gasteiger partial charge on any atom is 0.252 e. The molecule has 8 aliphatic rings. The number of benzene rings is 3. The van der Waals surface area contributed by atoms with Gasteiger partial charge in [-0.15, -0.1) is 0 Å². The number of nitrogens with zero attached hydrogens (tertiary/aromatic N) is 2. The molecule has 0 spiro atoms. The van der Waals surface area contributed by atoms with Gasteiger partial charge in [0.15, 0.2) is 0 Å². The highest BCUT2D eigenvalue weighted by Crippen LogP contribution is 2.68. The molecule has 4 heterocycles. The van der Waals surface area contributed by atoms with Gasteiger partial charge in [-0.1, -0.05) is 95.5 Å². The zero-order valence-electron chi connectivity index (χ0n) is 29.8. The molecule has 0 N–H and O–H groups in total. The van der Waals surface area contributed by atoms with E-state index < -0.39 is 0 Å². The highest BCUT2D eigenvalue weighted by molar-refractivity contribution is 7.00. The minimum atomic E-state index is 0.0943. The van der Waals surface area contributed by atoms with E-state index in [1.54, 1.807) is 38.9 Å². The predicted molar refractivity (Wildman–Crippen MR) is 199 cm³/mol. The lowest BCUT2D eigenvalue weighted by atomic mass is 9.33. The van der Waals surface area contributed by atoms with E-state index in [0.29, 0.717) is 6.71 Å². The summed E-state index contributed by atoms with van der Waals surface area (Å²) in [6.07, 6.45) is 16.9. The molecule has 4 saturated carbocycles. The smallest absolute Gasteiger partial charge is 0.252 e. The Labute approximate surface area is 283 Å². The number of hydrogen-bond acceptors (Lipinski definition) is 2. The van der Waals surface area contributed by atoms with Crippen molar-refractivity contribution in [3.8, 4) is 0 Å². The van der Waals surface area contributed by atoms with E-state index in [1.807, 2.05) is 0 Å². The second kappa shape index (κ2) is 8.72. The summed E-state index contributed by atoms with van der Waals surface area (Å²) in [5.41, 5.74) is 18.0. The van der Waals surface area contributed by atoms with Crippen molar-refractivity contribution in [3.63, 3.8) is 0 Å². The fraction of sp³-hybridized carbons (Fsp3) is 0.591. The van der Waals surface area contributed by atoms with Gasteiger partial charge in [0.2, 0.25) is 0 Å². The molecule has 3 aromatic carbocycles. The van der Waals surface area contributed by atoms with Gasteiger partial charge in [-0.3, -0.25) is 0 Å². The third-order valence-electron chi connectivity index (χ3n) is 17.0. The second-order valence-corrected chi connectivity index (χ2v) is 18.8. The normalized spacial score (nSPS) is 39.7. The highest BCUT2D eigenvalue weighted by Gasteiger charge is 2.67. The molecule has 0 amide bonds. The van der Waals surface area contributed by atoms with Gasteiger partial charge in [0.25, 0.3) is 6.71 Å². The van der Waals surface area contributed by atoms with Crippen LogP contribution in [0.3, 0.4) is 0 Å². The first-order chi connectivity index (χ1) is 22.6. The third-order valence-corrected chi connectivity index (χ3v) is 17.0. The molecular weight excluding hydrogens is 567 g/mol. The quantitative estimate of drug-likeness (QED) is 0.232. The van der Waals surface area contributed by atoms with Crippen LogP contribution in [0.2, 0.25) is 0 Å². The zero-order chi connectivity index (χ0) is 31.8. The monoisotopic (exact) mass is 620 g/mol. The Balaban J connectivity index is 1.20. The lowest BCUT2D eigenvalue weighted by Gasteiger charge is -2.58. The van der Waals surface area contributed by atoms with Crippen molar-refractivity contribution in [2.45, 2.75) is 141 Å². The van der Waals surface area contributed by atoms with Crippen LogP contribution >= 0.6 is 0 Å². The van der Waals surface area contributed by atoms with Crippen LogP contribution in [0.4, 0.5) is 22.7 Å². The summed E-state index contributed by atoms with van der Waals surface area (Å²) in [5, 5.41) is 0. The van der Waals surface area contributed by atoms with Crippen molar-refractivity contribution in [2.24, 2.45) is 23.7 Å². The summed E-state index contributed by atoms with van der Waals surface area (Å²) < 4.78 is 0. The van der Waals surface area contributed by atoms with Crippen molar-refractivity contribution in [1.29, 1.82) is 0 Å². The molecule has 8 unspecified atom stereocenters. The van der Waals surface area contributed by atoms with Crippen molar-refractivity contribution < 1.29 is 0 Å². The van der Waals surface area contributed by atoms with E-state index >= 15 is 0 Å². The summed E-state index contributed by atoms with van der Waals surface area (Å²) in [5.74, 6) is 3.51. The van der Waals surface area contributed by atoms with Crippen LogP contribution in [-0.4, -0.2) is 17.8 Å². The molecule has 3 heteroatoms. The predicted octanol–water partition coefficient (Wildman–Crippen LogP) is 8.98. The number of fused-ring (bicyclic) bond motifs is 12. The Morgan fingerprint density at radius 1 is 0.553 bits per heavy atom. The average molecular weight is 621 g/mol. The molecule has 4 fully saturated rings. The van der Waals surface area contributed by atoms with Gasteiger partial charge in [-0.05, 0) is 128 Å². The van der Waals surface area contributed by atoms with Gasteiger partial charge in [0.1, 0.15) is 0 Å². The first kappa shape index (κ1) is 28.2. The molecule has 47 heavy (non-hydrogen) atoms. The van der Waals surface area contributed by atoms with Crippen LogP contribution in [0.25, 0.3) is 0 Å². The molecule has 0 bridgehead atoms. The zero-order valence-corrected chi connectivity index (χ0v) is 29.8. The summed E-state index contributed by atoms with van der Waals surface area (Å²) >= 11 is 0. The number of anilines is 4. The summed E-state index contributed by atoms with van der Waals surface area (Å²) in [4.78, 5) is 5.95. The third kappa shape index (κ3) is 2.99. The Morgan fingerprint density at radius 2 is 0.957 bits per heavy atom. The molecule has 3 aromatic rings. The number of rotatable bonds is 0. The summed E-state index contributed by atoms with van der Waals surface area (Å²) in [6, 6.07) is 17.7. The van der Waals surface area contributed by atoms with Gasteiger partial charge >= 0.3 is 0 Å². The molecule has 4 aliphatic carbocycles. The molecule has 11 rings (SSSR count). The Hall–Kier alpha value is -2.68. The van der Waals surface area contributed by atoms with Crippen LogP contribution in [0.15, 0.2) is 42.5 Å². The lowest BCUT2D eigenvalue weighted by Crippen LogP contribution is -2.67. The first-order valence-electron chi connectivity index (χ1n) is 19.6. The minimum absolute atomic E-state index is 0.0943. The average Bonchev–Trinajstić information content (AvgIpc) is 3.40. The van der Waals surface area contributed by atoms with Crippen LogP contribution < -0.4 is 26.2 Å². The fourth-order valence-electron chi connectivity index (χ4n) is 14.8. The summed E-state index contributed by atoms with van der Waals surface area (Å²) in [6.45, 7) is 15.9. The van der Waals surface area contributed by atoms with Crippen LogP contribution in [0.5, 0.6) is 0 Å². The first-order valence-corrected chi connectivity index (χ1v) is 19.6. The maximum atomic E-state index is 2.97. The van der Waals surface area contributed by atoms with Crippen LogP contribution in [-0.2, 0) is 10.8 Å². The van der Waals surface area contributed by atoms with Gasteiger partial charge in [-0.2, -0.15) is 0 Å². The SMILES string of the molecule is Cc1ccc2c3c1C1(C)CC4CCCCC4CC1(C)N3c1cccc3c1B2c1ccc(C)c2c1N3C1(C)CC3CCCCC3CC21C. The van der Waals surface area contributed by atoms with Crippen molar-refractivity contribution in [3.05, 3.63) is 64.7 Å². The van der Waals surface area contributed by atoms with Crippen LogP contribution in [0.1, 0.15) is 127 Å². The number of aryl methyl sites for hydroxylation is 2. The van der Waals surface area contributed by atoms with Crippen LogP contribution in [0, 0.1) is 37.5 Å². The molecule has 0 saturated heterocycles. The van der Waals surface area contributed by atoms with Gasteiger partial charge < -0.3 is 9.80 Å². The van der Waals surface area contributed by atoms with Crippen molar-refractivity contribution in [1.82, 2.24) is 0 Å². The Morgan fingerprint density at radius 3 is 1.38 bits per heavy atom. The molecule has 2 nitrogen and oxygen atoms in total. The minimum Gasteiger partial charge on any atom is -0.335 e. The Kier molecular flexibility index (Phi) is 5.23. The molecular formula is C44H53BN2. The van der Waals surface area contributed by atoms with Gasteiger partial charge in [-0.25, -0.2) is 0 Å². The largest absolute Gasteiger partial charge is 0.335 e. The molecule has 4 aliphatic heterocycles. The van der Waals surface area contributed by atoms with Gasteiger partial charge in [0.05, 0.1) is 11.1 Å².